The minimum absolute atomic E-state index is 0.00604. The minimum atomic E-state index is -2.93. The average molecular weight is 793 g/mol. The van der Waals surface area contributed by atoms with Gasteiger partial charge in [0.1, 0.15) is 25.5 Å². The van der Waals surface area contributed by atoms with Crippen LogP contribution in [0.15, 0.2) is 115 Å². The van der Waals surface area contributed by atoms with Gasteiger partial charge in [-0.15, -0.1) is 0 Å². The van der Waals surface area contributed by atoms with E-state index in [-0.39, 0.29) is 43.3 Å². The van der Waals surface area contributed by atoms with E-state index in [1.807, 2.05) is 66.7 Å². The number of esters is 2. The normalized spacial score (nSPS) is 13.4. The molecule has 0 aliphatic rings. The maximum absolute atomic E-state index is 13.9. The van der Waals surface area contributed by atoms with Gasteiger partial charge in [-0.1, -0.05) is 143 Å². The largest absolute Gasteiger partial charge is 0.497 e. The van der Waals surface area contributed by atoms with Crippen LogP contribution < -0.4 is 15.1 Å². The molecule has 4 rings (SSSR count). The standard InChI is InChI=1S/C46H56O8Si2/c1-45(2,3)56(39-21-14-10-15-22-39,40-23-16-11-17-24-40)53-34-32-46(55(6,7)8,54-43(48)37-19-12-9-13-20-37)31-18-25-41(44(49)51-5)42(47)30-33-52-35-36-26-28-38(50-4)29-27-36/h9-17,19-24,26-29,41H,25,30,32-35H2,1-8H3. The molecule has 0 bridgehead atoms. The number of methoxy groups -OCH3 is 2. The van der Waals surface area contributed by atoms with Gasteiger partial charge >= 0.3 is 11.9 Å². The van der Waals surface area contributed by atoms with Gasteiger partial charge in [0.25, 0.3) is 8.32 Å². The Morgan fingerprint density at radius 1 is 0.732 bits per heavy atom. The van der Waals surface area contributed by atoms with Crippen molar-refractivity contribution in [2.24, 2.45) is 5.92 Å². The third-order valence-electron chi connectivity index (χ3n) is 10.1. The highest BCUT2D eigenvalue weighted by Gasteiger charge is 2.52. The van der Waals surface area contributed by atoms with E-state index in [0.29, 0.717) is 12.2 Å². The number of ketones is 1. The van der Waals surface area contributed by atoms with Crippen LogP contribution in [-0.4, -0.2) is 66.8 Å². The van der Waals surface area contributed by atoms with E-state index in [9.17, 15) is 14.4 Å². The van der Waals surface area contributed by atoms with Gasteiger partial charge in [0, 0.05) is 25.9 Å². The van der Waals surface area contributed by atoms with Crippen LogP contribution in [0.4, 0.5) is 0 Å². The second-order valence-electron chi connectivity index (χ2n) is 15.8. The summed E-state index contributed by atoms with van der Waals surface area (Å²) in [7, 11) is -2.62. The fraction of sp³-hybridized carbons (Fsp3) is 0.370. The zero-order valence-corrected chi connectivity index (χ0v) is 36.1. The average Bonchev–Trinajstić information content (AvgIpc) is 3.19. The fourth-order valence-electron chi connectivity index (χ4n) is 6.78. The highest BCUT2D eigenvalue weighted by Crippen LogP contribution is 2.38. The van der Waals surface area contributed by atoms with Crippen molar-refractivity contribution in [1.82, 2.24) is 0 Å². The number of ether oxygens (including phenoxy) is 4. The van der Waals surface area contributed by atoms with Crippen molar-refractivity contribution in [3.63, 3.8) is 0 Å². The summed E-state index contributed by atoms with van der Waals surface area (Å²) in [6.07, 6.45) is 0.190. The van der Waals surface area contributed by atoms with Gasteiger partial charge in [0.05, 0.1) is 33.0 Å². The van der Waals surface area contributed by atoms with Crippen LogP contribution in [0.25, 0.3) is 0 Å². The predicted octanol–water partition coefficient (Wildman–Crippen LogP) is 7.79. The summed E-state index contributed by atoms with van der Waals surface area (Å²) in [6.45, 7) is 13.6. The highest BCUT2D eigenvalue weighted by atomic mass is 28.4. The molecule has 10 heteroatoms. The first-order chi connectivity index (χ1) is 26.7. The third kappa shape index (κ3) is 10.9. The second kappa shape index (κ2) is 19.9. The lowest BCUT2D eigenvalue weighted by Crippen LogP contribution is -2.67. The number of hydrogen-bond donors (Lipinski definition) is 0. The molecule has 0 amide bonds. The summed E-state index contributed by atoms with van der Waals surface area (Å²) in [6, 6.07) is 37.1. The summed E-state index contributed by atoms with van der Waals surface area (Å²) in [5, 5.41) is 0.765. The van der Waals surface area contributed by atoms with Crippen LogP contribution in [0.5, 0.6) is 5.75 Å². The van der Waals surface area contributed by atoms with Gasteiger partial charge in [-0.25, -0.2) is 4.79 Å². The van der Waals surface area contributed by atoms with Crippen LogP contribution in [-0.2, 0) is 34.8 Å². The molecule has 56 heavy (non-hydrogen) atoms. The Bertz CT molecular complexity index is 1890. The summed E-state index contributed by atoms with van der Waals surface area (Å²) in [5.41, 5.74) is 1.34. The molecule has 0 aromatic heterocycles. The first kappa shape index (κ1) is 43.9. The lowest BCUT2D eigenvalue weighted by atomic mass is 9.98. The van der Waals surface area contributed by atoms with E-state index < -0.39 is 39.5 Å². The van der Waals surface area contributed by atoms with Crippen LogP contribution in [0.3, 0.4) is 0 Å². The van der Waals surface area contributed by atoms with E-state index in [2.05, 4.69) is 76.5 Å². The number of carbonyl (C=O) groups excluding carboxylic acids is 3. The topological polar surface area (TPSA) is 97.4 Å². The zero-order chi connectivity index (χ0) is 40.8. The van der Waals surface area contributed by atoms with Gasteiger partial charge < -0.3 is 23.4 Å². The van der Waals surface area contributed by atoms with E-state index in [4.69, 9.17) is 23.4 Å². The Labute approximate surface area is 335 Å². The number of rotatable bonds is 18. The van der Waals surface area contributed by atoms with Crippen molar-refractivity contribution in [2.75, 3.05) is 27.4 Å². The molecule has 0 heterocycles. The molecule has 0 saturated heterocycles. The van der Waals surface area contributed by atoms with Crippen LogP contribution in [0.1, 0.15) is 56.0 Å². The number of benzene rings is 4. The van der Waals surface area contributed by atoms with E-state index in [1.54, 1.807) is 31.4 Å². The third-order valence-corrected chi connectivity index (χ3v) is 18.0. The van der Waals surface area contributed by atoms with Crippen molar-refractivity contribution in [3.05, 3.63) is 126 Å². The molecule has 4 aromatic rings. The van der Waals surface area contributed by atoms with Gasteiger partial charge in [0.15, 0.2) is 5.22 Å². The molecule has 0 N–H and O–H groups in total. The van der Waals surface area contributed by atoms with E-state index in [1.165, 1.54) is 7.11 Å². The first-order valence-electron chi connectivity index (χ1n) is 19.0. The van der Waals surface area contributed by atoms with Crippen molar-refractivity contribution < 1.29 is 37.8 Å². The van der Waals surface area contributed by atoms with Crippen molar-refractivity contribution in [2.45, 2.75) is 76.5 Å². The Hall–Kier alpha value is -4.80. The lowest BCUT2D eigenvalue weighted by molar-refractivity contribution is -0.149. The summed E-state index contributed by atoms with van der Waals surface area (Å²) >= 11 is 0. The van der Waals surface area contributed by atoms with Gasteiger partial charge in [-0.05, 0) is 45.2 Å². The zero-order valence-electron chi connectivity index (χ0n) is 34.1. The van der Waals surface area contributed by atoms with Crippen LogP contribution in [0.2, 0.25) is 24.7 Å². The Kier molecular flexibility index (Phi) is 15.6. The van der Waals surface area contributed by atoms with Gasteiger partial charge in [-0.3, -0.25) is 9.59 Å². The highest BCUT2D eigenvalue weighted by molar-refractivity contribution is 6.99. The summed E-state index contributed by atoms with van der Waals surface area (Å²) in [4.78, 5) is 40.3. The maximum Gasteiger partial charge on any atom is 0.339 e. The fourth-order valence-corrected chi connectivity index (χ4v) is 13.1. The minimum Gasteiger partial charge on any atom is -0.497 e. The molecule has 0 aliphatic carbocycles. The molecule has 296 valence electrons. The molecule has 2 unspecified atom stereocenters. The van der Waals surface area contributed by atoms with Crippen molar-refractivity contribution in [3.8, 4) is 17.6 Å². The molecule has 0 spiro atoms. The molecule has 0 saturated carbocycles. The van der Waals surface area contributed by atoms with Crippen LogP contribution >= 0.6 is 0 Å². The van der Waals surface area contributed by atoms with Crippen molar-refractivity contribution >= 4 is 44.5 Å². The van der Waals surface area contributed by atoms with Gasteiger partial charge in [-0.2, -0.15) is 0 Å². The SMILES string of the molecule is COC(=O)C(CC#CC(CCO[Si](c1ccccc1)(c1ccccc1)C(C)(C)C)(OC(=O)c1ccccc1)[Si](C)(C)C)C(=O)CCOCc1ccc(OC)cc1. The quantitative estimate of drug-likeness (QED) is 0.0332. The smallest absolute Gasteiger partial charge is 0.339 e. The van der Waals surface area contributed by atoms with Gasteiger partial charge in [0.2, 0.25) is 0 Å². The molecule has 8 nitrogen and oxygen atoms in total. The molecule has 0 aliphatic heterocycles. The number of Topliss-reactive ketones (excluding diaryl/α,β-unsaturated/α-hetero) is 1. The monoisotopic (exact) mass is 792 g/mol. The lowest BCUT2D eigenvalue weighted by Gasteiger charge is -2.44. The van der Waals surface area contributed by atoms with E-state index >= 15 is 0 Å². The first-order valence-corrected chi connectivity index (χ1v) is 24.4. The van der Waals surface area contributed by atoms with E-state index in [0.717, 1.165) is 21.7 Å². The molecular formula is C46H56O8Si2. The van der Waals surface area contributed by atoms with Crippen molar-refractivity contribution in [1.29, 1.82) is 0 Å². The maximum atomic E-state index is 13.9. The molecular weight excluding hydrogens is 737 g/mol. The summed E-state index contributed by atoms with van der Waals surface area (Å²) in [5.74, 6) is 4.59. The predicted molar refractivity (Wildman–Crippen MR) is 226 cm³/mol. The number of carbonyl (C=O) groups is 3. The Balaban J connectivity index is 1.65. The second-order valence-corrected chi connectivity index (χ2v) is 25.4. The Morgan fingerprint density at radius 3 is 1.79 bits per heavy atom. The molecule has 2 atom stereocenters. The number of hydrogen-bond acceptors (Lipinski definition) is 8. The van der Waals surface area contributed by atoms with Crippen LogP contribution in [0, 0.1) is 17.8 Å². The molecule has 0 fully saturated rings. The Morgan fingerprint density at radius 2 is 1.29 bits per heavy atom. The molecule has 4 aromatic carbocycles. The summed E-state index contributed by atoms with van der Waals surface area (Å²) < 4.78 is 29.8. The molecule has 0 radical (unpaired) electrons.